The summed E-state index contributed by atoms with van der Waals surface area (Å²) in [5.41, 5.74) is 4.56. The predicted octanol–water partition coefficient (Wildman–Crippen LogP) is 3.19. The Labute approximate surface area is 86.6 Å². The normalized spacial score (nSPS) is 9.86. The number of nitrogens with zero attached hydrogens (tertiary/aromatic N) is 1. The van der Waals surface area contributed by atoms with E-state index in [0.29, 0.717) is 5.92 Å². The van der Waals surface area contributed by atoms with E-state index >= 15 is 0 Å². The molecule has 0 spiro atoms. The number of aromatic nitrogens is 1. The van der Waals surface area contributed by atoms with E-state index in [0.717, 1.165) is 11.3 Å². The highest BCUT2D eigenvalue weighted by atomic mass is 14.7. The fourth-order valence-corrected chi connectivity index (χ4v) is 1.59. The molecule has 0 bridgehead atoms. The van der Waals surface area contributed by atoms with Gasteiger partial charge in [0.1, 0.15) is 0 Å². The molecule has 0 N–H and O–H groups in total. The van der Waals surface area contributed by atoms with Crippen LogP contribution in [0.1, 0.15) is 49.2 Å². The van der Waals surface area contributed by atoms with E-state index < -0.39 is 0 Å². The monoisotopic (exact) mass is 187 g/mol. The molecule has 1 nitrogen and oxygen atoms in total. The zero-order valence-electron chi connectivity index (χ0n) is 9.60. The summed E-state index contributed by atoms with van der Waals surface area (Å²) in [4.78, 5) is 4.55. The maximum atomic E-state index is 4.55. The highest BCUT2D eigenvalue weighted by molar-refractivity contribution is 5.44. The Balaban J connectivity index is 3.37. The van der Waals surface area contributed by atoms with Gasteiger partial charge in [-0.25, -0.2) is 0 Å². The van der Waals surface area contributed by atoms with Crippen molar-refractivity contribution in [3.63, 3.8) is 0 Å². The van der Waals surface area contributed by atoms with Crippen LogP contribution in [0.5, 0.6) is 0 Å². The lowest BCUT2D eigenvalue weighted by Crippen LogP contribution is -2.01. The van der Waals surface area contributed by atoms with Gasteiger partial charge in [-0.2, -0.15) is 0 Å². The first-order valence-electron chi connectivity index (χ1n) is 4.97. The first-order valence-corrected chi connectivity index (χ1v) is 4.97. The largest absolute Gasteiger partial charge is 0.258 e. The molecule has 1 heterocycles. The van der Waals surface area contributed by atoms with Gasteiger partial charge in [-0.05, 0) is 38.3 Å². The van der Waals surface area contributed by atoms with Gasteiger partial charge in [0.15, 0.2) is 0 Å². The van der Waals surface area contributed by atoms with Crippen molar-refractivity contribution < 1.29 is 0 Å². The van der Waals surface area contributed by atoms with Crippen molar-refractivity contribution in [3.05, 3.63) is 28.6 Å². The molecular weight excluding hydrogens is 170 g/mol. The number of aryl methyl sites for hydroxylation is 1. The molecule has 14 heavy (non-hydrogen) atoms. The Morgan fingerprint density at radius 2 is 1.93 bits per heavy atom. The molecule has 0 saturated carbocycles. The first kappa shape index (κ1) is 10.8. The number of hydrogen-bond donors (Lipinski definition) is 0. The van der Waals surface area contributed by atoms with Gasteiger partial charge in [0.05, 0.1) is 0 Å². The zero-order valence-corrected chi connectivity index (χ0v) is 9.60. The summed E-state index contributed by atoms with van der Waals surface area (Å²) in [7, 11) is 0. The Morgan fingerprint density at radius 1 is 1.29 bits per heavy atom. The summed E-state index contributed by atoms with van der Waals surface area (Å²) in [6, 6.07) is 2.05. The molecule has 0 aliphatic carbocycles. The van der Waals surface area contributed by atoms with Gasteiger partial charge >= 0.3 is 0 Å². The molecule has 1 heteroatoms. The van der Waals surface area contributed by atoms with E-state index in [1.165, 1.54) is 11.3 Å². The maximum Gasteiger partial charge on any atom is 0.0473 e. The predicted molar refractivity (Wildman–Crippen MR) is 60.4 cm³/mol. The molecular formula is C13H17N. The Bertz CT molecular complexity index is 392. The minimum atomic E-state index is 0.465. The average Bonchev–Trinajstić information content (AvgIpc) is 2.10. The maximum absolute atomic E-state index is 4.55. The molecule has 0 unspecified atom stereocenters. The Kier molecular flexibility index (Phi) is 3.30. The van der Waals surface area contributed by atoms with Gasteiger partial charge in [0, 0.05) is 17.0 Å². The molecule has 1 rings (SSSR count). The van der Waals surface area contributed by atoms with Gasteiger partial charge < -0.3 is 0 Å². The second-order valence-electron chi connectivity index (χ2n) is 3.85. The van der Waals surface area contributed by atoms with Crippen LogP contribution in [0.3, 0.4) is 0 Å². The van der Waals surface area contributed by atoms with Crippen LogP contribution in [-0.2, 0) is 0 Å². The standard InChI is InChI=1S/C13H17N/c1-6-7-12-8-10(4)14-13(9(2)3)11(12)5/h8-9H,1-5H3. The lowest BCUT2D eigenvalue weighted by Gasteiger charge is -2.11. The van der Waals surface area contributed by atoms with E-state index in [-0.39, 0.29) is 0 Å². The molecule has 0 radical (unpaired) electrons. The van der Waals surface area contributed by atoms with Crippen LogP contribution >= 0.6 is 0 Å². The molecule has 0 fully saturated rings. The van der Waals surface area contributed by atoms with Crippen molar-refractivity contribution in [2.24, 2.45) is 0 Å². The van der Waals surface area contributed by atoms with Crippen LogP contribution in [0.25, 0.3) is 0 Å². The topological polar surface area (TPSA) is 12.9 Å². The number of pyridine rings is 1. The summed E-state index contributed by atoms with van der Waals surface area (Å²) in [6.07, 6.45) is 0. The van der Waals surface area contributed by atoms with Crippen molar-refractivity contribution >= 4 is 0 Å². The van der Waals surface area contributed by atoms with E-state index in [4.69, 9.17) is 0 Å². The fourth-order valence-electron chi connectivity index (χ4n) is 1.59. The summed E-state index contributed by atoms with van der Waals surface area (Å²) in [6.45, 7) is 10.3. The molecule has 1 aromatic heterocycles. The third-order valence-corrected chi connectivity index (χ3v) is 2.24. The first-order chi connectivity index (χ1) is 6.56. The zero-order chi connectivity index (χ0) is 10.7. The summed E-state index contributed by atoms with van der Waals surface area (Å²) in [5, 5.41) is 0. The molecule has 74 valence electrons. The lowest BCUT2D eigenvalue weighted by atomic mass is 9.99. The van der Waals surface area contributed by atoms with Crippen molar-refractivity contribution in [1.29, 1.82) is 0 Å². The van der Waals surface area contributed by atoms with Gasteiger partial charge in [-0.15, -0.1) is 5.92 Å². The van der Waals surface area contributed by atoms with E-state index in [9.17, 15) is 0 Å². The second kappa shape index (κ2) is 4.28. The molecule has 1 aromatic rings. The molecule has 0 aliphatic heterocycles. The van der Waals surface area contributed by atoms with Crippen LogP contribution in [0.4, 0.5) is 0 Å². The van der Waals surface area contributed by atoms with Crippen LogP contribution in [0.2, 0.25) is 0 Å². The minimum absolute atomic E-state index is 0.465. The number of rotatable bonds is 1. The minimum Gasteiger partial charge on any atom is -0.258 e. The number of hydrogen-bond acceptors (Lipinski definition) is 1. The van der Waals surface area contributed by atoms with Crippen molar-refractivity contribution in [2.75, 3.05) is 0 Å². The third-order valence-electron chi connectivity index (χ3n) is 2.24. The summed E-state index contributed by atoms with van der Waals surface area (Å²) >= 11 is 0. The fraction of sp³-hybridized carbons (Fsp3) is 0.462. The Hall–Kier alpha value is -1.29. The lowest BCUT2D eigenvalue weighted by molar-refractivity contribution is 0.803. The smallest absolute Gasteiger partial charge is 0.0473 e. The molecule has 0 aliphatic rings. The van der Waals surface area contributed by atoms with Gasteiger partial charge in [0.25, 0.3) is 0 Å². The third kappa shape index (κ3) is 2.14. The average molecular weight is 187 g/mol. The quantitative estimate of drug-likeness (QED) is 0.615. The summed E-state index contributed by atoms with van der Waals surface area (Å²) < 4.78 is 0. The Morgan fingerprint density at radius 3 is 2.43 bits per heavy atom. The second-order valence-corrected chi connectivity index (χ2v) is 3.85. The van der Waals surface area contributed by atoms with E-state index in [2.05, 4.69) is 43.7 Å². The van der Waals surface area contributed by atoms with E-state index in [1.807, 2.05) is 13.8 Å². The van der Waals surface area contributed by atoms with Crippen LogP contribution in [0, 0.1) is 25.7 Å². The van der Waals surface area contributed by atoms with E-state index in [1.54, 1.807) is 0 Å². The molecule has 0 amide bonds. The molecule has 0 atom stereocenters. The van der Waals surface area contributed by atoms with Gasteiger partial charge in [-0.3, -0.25) is 4.98 Å². The SMILES string of the molecule is CC#Cc1cc(C)nc(C(C)C)c1C. The van der Waals surface area contributed by atoms with Gasteiger partial charge in [0.2, 0.25) is 0 Å². The van der Waals surface area contributed by atoms with Crippen molar-refractivity contribution in [3.8, 4) is 11.8 Å². The van der Waals surface area contributed by atoms with Crippen molar-refractivity contribution in [2.45, 2.75) is 40.5 Å². The van der Waals surface area contributed by atoms with Crippen LogP contribution in [-0.4, -0.2) is 4.98 Å². The van der Waals surface area contributed by atoms with Crippen molar-refractivity contribution in [1.82, 2.24) is 4.98 Å². The highest BCUT2D eigenvalue weighted by Gasteiger charge is 2.08. The molecule has 0 aromatic carbocycles. The molecule has 0 saturated heterocycles. The van der Waals surface area contributed by atoms with Crippen LogP contribution < -0.4 is 0 Å². The van der Waals surface area contributed by atoms with Gasteiger partial charge in [-0.1, -0.05) is 19.8 Å². The highest BCUT2D eigenvalue weighted by Crippen LogP contribution is 2.20. The summed E-state index contributed by atoms with van der Waals surface area (Å²) in [5.74, 6) is 6.53. The van der Waals surface area contributed by atoms with Crippen LogP contribution in [0.15, 0.2) is 6.07 Å².